The average Bonchev–Trinajstić information content (AvgIpc) is 3.09. The second-order valence-corrected chi connectivity index (χ2v) is 8.43. The summed E-state index contributed by atoms with van der Waals surface area (Å²) in [6, 6.07) is 12.0. The molecule has 2 amide bonds. The van der Waals surface area contributed by atoms with Crippen LogP contribution in [0, 0.1) is 30.9 Å². The van der Waals surface area contributed by atoms with E-state index in [1.54, 1.807) is 61.0 Å². The molecule has 0 bridgehead atoms. The van der Waals surface area contributed by atoms with Crippen molar-refractivity contribution < 1.29 is 19.2 Å². The number of nitrogens with one attached hydrogen (secondary N) is 2. The fourth-order valence-electron chi connectivity index (χ4n) is 3.49. The smallest absolute Gasteiger partial charge is 0.312 e. The zero-order valence-electron chi connectivity index (χ0n) is 19.6. The maximum Gasteiger partial charge on any atom is 0.312 e. The minimum absolute atomic E-state index is 0.00314. The van der Waals surface area contributed by atoms with Crippen LogP contribution >= 0.6 is 11.6 Å². The maximum absolute atomic E-state index is 12.3. The number of nitro groups is 1. The molecule has 2 aromatic carbocycles. The molecule has 184 valence electrons. The lowest BCUT2D eigenvalue weighted by Gasteiger charge is -2.10. The molecule has 2 N–H and O–H groups in total. The number of ether oxygens (including phenoxy) is 1. The van der Waals surface area contributed by atoms with Crippen molar-refractivity contribution in [2.75, 3.05) is 6.61 Å². The van der Waals surface area contributed by atoms with E-state index in [0.29, 0.717) is 47.3 Å². The third-order valence-corrected chi connectivity index (χ3v) is 5.57. The predicted molar refractivity (Wildman–Crippen MR) is 130 cm³/mol. The van der Waals surface area contributed by atoms with Gasteiger partial charge < -0.3 is 4.74 Å². The number of rotatable bonds is 9. The molecule has 10 nitrogen and oxygen atoms in total. The van der Waals surface area contributed by atoms with Crippen LogP contribution in [0.2, 0.25) is 5.02 Å². The van der Waals surface area contributed by atoms with Crippen molar-refractivity contribution in [3.8, 4) is 5.75 Å². The lowest BCUT2D eigenvalue weighted by atomic mass is 10.1. The van der Waals surface area contributed by atoms with Gasteiger partial charge >= 0.3 is 5.69 Å². The zero-order chi connectivity index (χ0) is 25.5. The van der Waals surface area contributed by atoms with Crippen LogP contribution in [0.15, 0.2) is 42.5 Å². The molecule has 35 heavy (non-hydrogen) atoms. The Labute approximate surface area is 207 Å². The van der Waals surface area contributed by atoms with Crippen LogP contribution < -0.4 is 15.6 Å². The Kier molecular flexibility index (Phi) is 8.43. The summed E-state index contributed by atoms with van der Waals surface area (Å²) in [6.07, 6.45) is 0.656. The van der Waals surface area contributed by atoms with Crippen LogP contribution in [0.1, 0.15) is 45.7 Å². The summed E-state index contributed by atoms with van der Waals surface area (Å²) in [5.41, 5.74) is 7.69. The van der Waals surface area contributed by atoms with Crippen molar-refractivity contribution in [1.82, 2.24) is 20.6 Å². The van der Waals surface area contributed by atoms with E-state index in [1.165, 1.54) is 0 Å². The summed E-state index contributed by atoms with van der Waals surface area (Å²) >= 11 is 5.92. The first-order chi connectivity index (χ1) is 16.7. The number of halogens is 1. The molecule has 3 aromatic rings. The molecule has 0 fully saturated rings. The summed E-state index contributed by atoms with van der Waals surface area (Å²) in [5, 5.41) is 16.0. The van der Waals surface area contributed by atoms with Gasteiger partial charge in [0.25, 0.3) is 5.91 Å². The number of aromatic nitrogens is 2. The number of hydrogen-bond acceptors (Lipinski definition) is 6. The van der Waals surface area contributed by atoms with Crippen LogP contribution in [-0.4, -0.2) is 33.1 Å². The van der Waals surface area contributed by atoms with Crippen molar-refractivity contribution in [1.29, 1.82) is 0 Å². The predicted octanol–water partition coefficient (Wildman–Crippen LogP) is 4.04. The zero-order valence-corrected chi connectivity index (χ0v) is 20.4. The van der Waals surface area contributed by atoms with Gasteiger partial charge in [-0.1, -0.05) is 23.7 Å². The molecular formula is C24H26ClN5O5. The molecule has 0 saturated carbocycles. The van der Waals surface area contributed by atoms with Crippen LogP contribution in [0.4, 0.5) is 5.69 Å². The number of nitrogens with zero attached hydrogens (tertiary/aromatic N) is 3. The van der Waals surface area contributed by atoms with Gasteiger partial charge in [0.05, 0.1) is 18.1 Å². The van der Waals surface area contributed by atoms with Crippen LogP contribution in [0.3, 0.4) is 0 Å². The fraction of sp³-hybridized carbons (Fsp3) is 0.292. The molecule has 0 aliphatic carbocycles. The van der Waals surface area contributed by atoms with Crippen molar-refractivity contribution >= 4 is 29.1 Å². The highest BCUT2D eigenvalue weighted by molar-refractivity contribution is 6.30. The number of hydrazine groups is 1. The second kappa shape index (κ2) is 11.5. The molecule has 0 aliphatic rings. The van der Waals surface area contributed by atoms with Gasteiger partial charge in [0.1, 0.15) is 17.1 Å². The van der Waals surface area contributed by atoms with E-state index in [-0.39, 0.29) is 18.0 Å². The number of carbonyl (C=O) groups is 2. The first kappa shape index (κ1) is 25.7. The van der Waals surface area contributed by atoms with Crippen LogP contribution in [0.5, 0.6) is 5.75 Å². The number of benzene rings is 2. The summed E-state index contributed by atoms with van der Waals surface area (Å²) in [7, 11) is 0. The maximum atomic E-state index is 12.3. The van der Waals surface area contributed by atoms with Gasteiger partial charge in [-0.3, -0.25) is 35.2 Å². The Hall–Kier alpha value is -3.92. The van der Waals surface area contributed by atoms with Gasteiger partial charge in [0.15, 0.2) is 0 Å². The Morgan fingerprint density at radius 2 is 1.83 bits per heavy atom. The lowest BCUT2D eigenvalue weighted by molar-refractivity contribution is -0.386. The van der Waals surface area contributed by atoms with Crippen molar-refractivity contribution in [2.24, 2.45) is 0 Å². The summed E-state index contributed by atoms with van der Waals surface area (Å²) in [5.74, 6) is -0.0835. The van der Waals surface area contributed by atoms with Crippen molar-refractivity contribution in [3.05, 3.63) is 85.7 Å². The standard InChI is InChI=1S/C24H26ClN5O5/c1-15-13-20(25)10-11-21(15)35-12-4-5-22(31)26-27-24(32)19-8-6-18(7-9-19)14-29-17(3)23(30(33)34)16(2)28-29/h6-11,13H,4-5,12,14H2,1-3H3,(H,26,31)(H,27,32). The van der Waals surface area contributed by atoms with E-state index >= 15 is 0 Å². The molecule has 0 unspecified atom stereocenters. The Morgan fingerprint density at radius 3 is 2.46 bits per heavy atom. The molecule has 0 spiro atoms. The Balaban J connectivity index is 1.43. The molecule has 11 heteroatoms. The molecular weight excluding hydrogens is 474 g/mol. The molecule has 0 aliphatic heterocycles. The van der Waals surface area contributed by atoms with Gasteiger partial charge in [-0.2, -0.15) is 5.10 Å². The summed E-state index contributed by atoms with van der Waals surface area (Å²) < 4.78 is 7.21. The highest BCUT2D eigenvalue weighted by atomic mass is 35.5. The van der Waals surface area contributed by atoms with E-state index in [1.807, 2.05) is 6.92 Å². The number of carbonyl (C=O) groups excluding carboxylic acids is 2. The van der Waals surface area contributed by atoms with E-state index in [4.69, 9.17) is 16.3 Å². The summed E-state index contributed by atoms with van der Waals surface area (Å²) in [6.45, 7) is 5.81. The topological polar surface area (TPSA) is 128 Å². The number of amides is 2. The molecule has 0 radical (unpaired) electrons. The molecule has 1 heterocycles. The van der Waals surface area contributed by atoms with Crippen molar-refractivity contribution in [3.63, 3.8) is 0 Å². The highest BCUT2D eigenvalue weighted by Crippen LogP contribution is 2.23. The van der Waals surface area contributed by atoms with Gasteiger partial charge in [-0.05, 0) is 68.7 Å². The first-order valence-corrected chi connectivity index (χ1v) is 11.3. The van der Waals surface area contributed by atoms with E-state index < -0.39 is 10.8 Å². The number of hydrogen-bond donors (Lipinski definition) is 2. The quantitative estimate of drug-likeness (QED) is 0.260. The van der Waals surface area contributed by atoms with E-state index in [9.17, 15) is 19.7 Å². The SMILES string of the molecule is Cc1cc(Cl)ccc1OCCCC(=O)NNC(=O)c1ccc(Cn2nc(C)c([N+](=O)[O-])c2C)cc1. The lowest BCUT2D eigenvalue weighted by Crippen LogP contribution is -2.41. The second-order valence-electron chi connectivity index (χ2n) is 8.00. The van der Waals surface area contributed by atoms with Gasteiger partial charge in [0.2, 0.25) is 5.91 Å². The third kappa shape index (κ3) is 6.80. The van der Waals surface area contributed by atoms with Gasteiger partial charge in [-0.15, -0.1) is 0 Å². The van der Waals surface area contributed by atoms with E-state index in [2.05, 4.69) is 16.0 Å². The molecule has 1 aromatic heterocycles. The van der Waals surface area contributed by atoms with E-state index in [0.717, 1.165) is 11.1 Å². The van der Waals surface area contributed by atoms with Crippen LogP contribution in [-0.2, 0) is 11.3 Å². The van der Waals surface area contributed by atoms with Gasteiger partial charge in [0, 0.05) is 17.0 Å². The Bertz CT molecular complexity index is 1240. The molecule has 3 rings (SSSR count). The first-order valence-electron chi connectivity index (χ1n) is 10.9. The normalized spacial score (nSPS) is 10.6. The van der Waals surface area contributed by atoms with Crippen molar-refractivity contribution in [2.45, 2.75) is 40.2 Å². The minimum Gasteiger partial charge on any atom is -0.493 e. The fourth-order valence-corrected chi connectivity index (χ4v) is 3.72. The molecule has 0 atom stereocenters. The highest BCUT2D eigenvalue weighted by Gasteiger charge is 2.21. The molecule has 0 saturated heterocycles. The largest absolute Gasteiger partial charge is 0.493 e. The summed E-state index contributed by atoms with van der Waals surface area (Å²) in [4.78, 5) is 35.1. The van der Waals surface area contributed by atoms with Crippen LogP contribution in [0.25, 0.3) is 0 Å². The average molecular weight is 500 g/mol. The van der Waals surface area contributed by atoms with Gasteiger partial charge in [-0.25, -0.2) is 0 Å². The minimum atomic E-state index is -0.459. The Morgan fingerprint density at radius 1 is 1.11 bits per heavy atom. The number of aryl methyl sites for hydroxylation is 2. The monoisotopic (exact) mass is 499 g/mol. The third-order valence-electron chi connectivity index (χ3n) is 5.33.